The lowest BCUT2D eigenvalue weighted by atomic mass is 9.70. The number of sulfone groups is 1. The molecule has 0 aromatic rings. The Morgan fingerprint density at radius 3 is 2.00 bits per heavy atom. The third-order valence-corrected chi connectivity index (χ3v) is 7.94. The van der Waals surface area contributed by atoms with Gasteiger partial charge in [0, 0.05) is 0 Å². The van der Waals surface area contributed by atoms with Crippen LogP contribution >= 0.6 is 0 Å². The van der Waals surface area contributed by atoms with Crippen LogP contribution in [-0.2, 0) is 9.84 Å². The van der Waals surface area contributed by atoms with Crippen LogP contribution in [0.15, 0.2) is 0 Å². The fourth-order valence-electron chi connectivity index (χ4n) is 3.74. The highest BCUT2D eigenvalue weighted by molar-refractivity contribution is 7.92. The van der Waals surface area contributed by atoms with Crippen molar-refractivity contribution in [2.75, 3.05) is 12.3 Å². The van der Waals surface area contributed by atoms with Crippen molar-refractivity contribution in [3.63, 3.8) is 0 Å². The van der Waals surface area contributed by atoms with Crippen LogP contribution in [0.25, 0.3) is 0 Å². The molecule has 3 saturated carbocycles. The Bertz CT molecular complexity index is 415. The summed E-state index contributed by atoms with van der Waals surface area (Å²) >= 11 is 0. The molecule has 0 spiro atoms. The molecule has 0 aromatic heterocycles. The summed E-state index contributed by atoms with van der Waals surface area (Å²) < 4.78 is 24.7. The van der Waals surface area contributed by atoms with Crippen LogP contribution in [0.2, 0.25) is 0 Å². The molecule has 0 saturated heterocycles. The van der Waals surface area contributed by atoms with E-state index in [9.17, 15) is 8.42 Å². The van der Waals surface area contributed by atoms with Crippen molar-refractivity contribution in [3.05, 3.63) is 0 Å². The quantitative estimate of drug-likeness (QED) is 0.815. The van der Waals surface area contributed by atoms with Crippen LogP contribution in [0, 0.1) is 17.3 Å². The van der Waals surface area contributed by atoms with Crippen LogP contribution in [0.4, 0.5) is 0 Å². The lowest BCUT2D eigenvalue weighted by Gasteiger charge is -2.39. The van der Waals surface area contributed by atoms with E-state index >= 15 is 0 Å². The summed E-state index contributed by atoms with van der Waals surface area (Å²) in [6.45, 7) is 0.749. The molecule has 4 heteroatoms. The zero-order chi connectivity index (χ0) is 13.5. The van der Waals surface area contributed by atoms with E-state index in [-0.39, 0.29) is 10.7 Å². The maximum atomic E-state index is 12.3. The molecular weight excluding hydrogens is 258 g/mol. The standard InChI is InChI=1S/C15H27NO2S/c16-11-15(9-12-1-2-12)7-5-14(6-8-15)19(17,18)10-13-3-4-13/h12-14H,1-11,16H2/t14-,15+. The zero-order valence-corrected chi connectivity index (χ0v) is 12.6. The molecule has 3 aliphatic rings. The lowest BCUT2D eigenvalue weighted by Crippen LogP contribution is -2.39. The van der Waals surface area contributed by atoms with Gasteiger partial charge < -0.3 is 5.73 Å². The molecule has 19 heavy (non-hydrogen) atoms. The van der Waals surface area contributed by atoms with E-state index in [0.29, 0.717) is 11.7 Å². The molecule has 0 unspecified atom stereocenters. The van der Waals surface area contributed by atoms with Crippen LogP contribution < -0.4 is 5.73 Å². The number of hydrogen-bond donors (Lipinski definition) is 1. The molecule has 0 amide bonds. The summed E-state index contributed by atoms with van der Waals surface area (Å²) in [6, 6.07) is 0. The summed E-state index contributed by atoms with van der Waals surface area (Å²) in [6.07, 6.45) is 10.0. The molecule has 0 bridgehead atoms. The van der Waals surface area contributed by atoms with Gasteiger partial charge in [0.1, 0.15) is 0 Å². The molecule has 3 fully saturated rings. The number of hydrogen-bond acceptors (Lipinski definition) is 3. The van der Waals surface area contributed by atoms with Crippen LogP contribution in [-0.4, -0.2) is 26.0 Å². The predicted octanol–water partition coefficient (Wildman–Crippen LogP) is 2.50. The minimum Gasteiger partial charge on any atom is -0.330 e. The van der Waals surface area contributed by atoms with E-state index in [2.05, 4.69) is 0 Å². The molecule has 3 aliphatic carbocycles. The maximum Gasteiger partial charge on any atom is 0.153 e. The first-order valence-electron chi connectivity index (χ1n) is 7.95. The summed E-state index contributed by atoms with van der Waals surface area (Å²) in [5.41, 5.74) is 6.28. The van der Waals surface area contributed by atoms with Crippen molar-refractivity contribution >= 4 is 9.84 Å². The van der Waals surface area contributed by atoms with Gasteiger partial charge in [-0.25, -0.2) is 8.42 Å². The predicted molar refractivity (Wildman–Crippen MR) is 77.6 cm³/mol. The van der Waals surface area contributed by atoms with Crippen molar-refractivity contribution in [1.82, 2.24) is 0 Å². The Labute approximate surface area is 117 Å². The molecule has 0 radical (unpaired) electrons. The first kappa shape index (κ1) is 13.9. The van der Waals surface area contributed by atoms with Gasteiger partial charge in [0.25, 0.3) is 0 Å². The van der Waals surface area contributed by atoms with E-state index in [1.807, 2.05) is 0 Å². The Balaban J connectivity index is 1.57. The molecule has 0 aromatic carbocycles. The monoisotopic (exact) mass is 285 g/mol. The van der Waals surface area contributed by atoms with E-state index in [4.69, 9.17) is 5.73 Å². The van der Waals surface area contributed by atoms with E-state index in [1.165, 1.54) is 19.3 Å². The van der Waals surface area contributed by atoms with Gasteiger partial charge in [0.2, 0.25) is 0 Å². The average Bonchev–Trinajstić information content (AvgIpc) is 3.27. The first-order chi connectivity index (χ1) is 9.03. The second kappa shape index (κ2) is 5.03. The summed E-state index contributed by atoms with van der Waals surface area (Å²) in [4.78, 5) is 0. The Morgan fingerprint density at radius 1 is 0.947 bits per heavy atom. The number of nitrogens with two attached hydrogens (primary N) is 1. The maximum absolute atomic E-state index is 12.3. The molecule has 3 rings (SSSR count). The second-order valence-corrected chi connectivity index (χ2v) is 9.65. The molecule has 0 heterocycles. The van der Waals surface area contributed by atoms with Gasteiger partial charge in [0.05, 0.1) is 11.0 Å². The highest BCUT2D eigenvalue weighted by atomic mass is 32.2. The molecular formula is C15H27NO2S. The van der Waals surface area contributed by atoms with Crippen molar-refractivity contribution < 1.29 is 8.42 Å². The average molecular weight is 285 g/mol. The molecule has 3 nitrogen and oxygen atoms in total. The highest BCUT2D eigenvalue weighted by Crippen LogP contribution is 2.48. The molecule has 0 aliphatic heterocycles. The normalized spacial score (nSPS) is 36.4. The minimum atomic E-state index is -2.83. The highest BCUT2D eigenvalue weighted by Gasteiger charge is 2.42. The van der Waals surface area contributed by atoms with E-state index in [0.717, 1.165) is 51.0 Å². The zero-order valence-electron chi connectivity index (χ0n) is 11.8. The fourth-order valence-corrected chi connectivity index (χ4v) is 5.95. The van der Waals surface area contributed by atoms with Crippen LogP contribution in [0.5, 0.6) is 0 Å². The third-order valence-electron chi connectivity index (χ3n) is 5.52. The van der Waals surface area contributed by atoms with Gasteiger partial charge >= 0.3 is 0 Å². The van der Waals surface area contributed by atoms with Gasteiger partial charge in [-0.2, -0.15) is 0 Å². The molecule has 110 valence electrons. The summed E-state index contributed by atoms with van der Waals surface area (Å²) in [5.74, 6) is 1.83. The SMILES string of the molecule is NC[C@]1(CC2CC2)CC[C@H](S(=O)(=O)CC2CC2)CC1. The van der Waals surface area contributed by atoms with Gasteiger partial charge in [-0.3, -0.25) is 0 Å². The molecule has 0 atom stereocenters. The summed E-state index contributed by atoms with van der Waals surface area (Å²) in [7, 11) is -2.83. The van der Waals surface area contributed by atoms with Crippen LogP contribution in [0.3, 0.4) is 0 Å². The van der Waals surface area contributed by atoms with E-state index in [1.54, 1.807) is 0 Å². The van der Waals surface area contributed by atoms with Crippen molar-refractivity contribution in [2.45, 2.75) is 63.0 Å². The largest absolute Gasteiger partial charge is 0.330 e. The lowest BCUT2D eigenvalue weighted by molar-refractivity contribution is 0.173. The topological polar surface area (TPSA) is 60.2 Å². The molecule has 2 N–H and O–H groups in total. The van der Waals surface area contributed by atoms with E-state index < -0.39 is 9.84 Å². The van der Waals surface area contributed by atoms with Gasteiger partial charge in [-0.05, 0) is 68.7 Å². The van der Waals surface area contributed by atoms with Crippen molar-refractivity contribution in [2.24, 2.45) is 23.0 Å². The fraction of sp³-hybridized carbons (Fsp3) is 1.00. The Morgan fingerprint density at radius 2 is 1.53 bits per heavy atom. The Kier molecular flexibility index (Phi) is 3.67. The first-order valence-corrected chi connectivity index (χ1v) is 9.66. The summed E-state index contributed by atoms with van der Waals surface area (Å²) in [5, 5.41) is -0.0630. The van der Waals surface area contributed by atoms with Gasteiger partial charge in [0.15, 0.2) is 9.84 Å². The smallest absolute Gasteiger partial charge is 0.153 e. The third kappa shape index (κ3) is 3.33. The second-order valence-electron chi connectivity index (χ2n) is 7.32. The van der Waals surface area contributed by atoms with Crippen LogP contribution in [0.1, 0.15) is 57.8 Å². The van der Waals surface area contributed by atoms with Gasteiger partial charge in [-0.1, -0.05) is 12.8 Å². The number of rotatable bonds is 6. The van der Waals surface area contributed by atoms with Gasteiger partial charge in [-0.15, -0.1) is 0 Å². The minimum absolute atomic E-state index is 0.0630. The van der Waals surface area contributed by atoms with Crippen molar-refractivity contribution in [3.8, 4) is 0 Å². The van der Waals surface area contributed by atoms with Crippen molar-refractivity contribution in [1.29, 1.82) is 0 Å². The Hall–Kier alpha value is -0.0900.